The summed E-state index contributed by atoms with van der Waals surface area (Å²) in [6.45, 7) is 4.70. The molecule has 0 amide bonds. The van der Waals surface area contributed by atoms with Crippen molar-refractivity contribution in [3.8, 4) is 6.07 Å². The molecule has 0 aromatic carbocycles. The fourth-order valence-electron chi connectivity index (χ4n) is 2.21. The summed E-state index contributed by atoms with van der Waals surface area (Å²) in [6.07, 6.45) is 3.05. The van der Waals surface area contributed by atoms with Crippen LogP contribution >= 0.6 is 0 Å². The first-order valence-electron chi connectivity index (χ1n) is 5.96. The van der Waals surface area contributed by atoms with Gasteiger partial charge in [-0.15, -0.1) is 0 Å². The molecule has 0 aromatic rings. The van der Waals surface area contributed by atoms with Crippen molar-refractivity contribution < 1.29 is 14.3 Å². The lowest BCUT2D eigenvalue weighted by Gasteiger charge is -2.37. The van der Waals surface area contributed by atoms with Crippen LogP contribution in [-0.2, 0) is 14.3 Å². The van der Waals surface area contributed by atoms with Crippen LogP contribution < -0.4 is 0 Å². The van der Waals surface area contributed by atoms with Crippen LogP contribution in [-0.4, -0.2) is 25.3 Å². The Balaban J connectivity index is 3.02. The molecule has 1 fully saturated rings. The van der Waals surface area contributed by atoms with Gasteiger partial charge in [-0.3, -0.25) is 0 Å². The SMILES string of the molecule is CCC1(CC)CC(=C(C#N)C(=O)OC)CCO1. The molecule has 4 nitrogen and oxygen atoms in total. The molecule has 0 bridgehead atoms. The van der Waals surface area contributed by atoms with Crippen LogP contribution in [0.25, 0.3) is 0 Å². The van der Waals surface area contributed by atoms with Gasteiger partial charge in [0.1, 0.15) is 11.6 Å². The molecule has 0 saturated carbocycles. The average Bonchev–Trinajstić information content (AvgIpc) is 2.39. The number of hydrogen-bond donors (Lipinski definition) is 0. The van der Waals surface area contributed by atoms with Crippen molar-refractivity contribution in [3.05, 3.63) is 11.1 Å². The molecular formula is C13H19NO3. The lowest BCUT2D eigenvalue weighted by atomic mass is 9.84. The van der Waals surface area contributed by atoms with Crippen LogP contribution in [0.3, 0.4) is 0 Å². The predicted octanol–water partition coefficient (Wildman–Crippen LogP) is 2.35. The Morgan fingerprint density at radius 1 is 1.53 bits per heavy atom. The molecule has 0 atom stereocenters. The molecule has 0 N–H and O–H groups in total. The van der Waals surface area contributed by atoms with Gasteiger partial charge in [0.2, 0.25) is 0 Å². The van der Waals surface area contributed by atoms with Crippen LogP contribution in [0.5, 0.6) is 0 Å². The number of esters is 1. The second kappa shape index (κ2) is 5.83. The largest absolute Gasteiger partial charge is 0.465 e. The lowest BCUT2D eigenvalue weighted by molar-refractivity contribution is -0.135. The van der Waals surface area contributed by atoms with E-state index in [-0.39, 0.29) is 11.2 Å². The van der Waals surface area contributed by atoms with Crippen LogP contribution in [0.15, 0.2) is 11.1 Å². The minimum absolute atomic E-state index is 0.155. The normalized spacial score (nSPS) is 21.5. The van der Waals surface area contributed by atoms with E-state index in [0.717, 1.165) is 18.4 Å². The van der Waals surface area contributed by atoms with Gasteiger partial charge in [0.15, 0.2) is 0 Å². The van der Waals surface area contributed by atoms with Gasteiger partial charge in [-0.25, -0.2) is 4.79 Å². The zero-order valence-electron chi connectivity index (χ0n) is 10.7. The summed E-state index contributed by atoms with van der Waals surface area (Å²) in [5.41, 5.74) is 0.806. The molecule has 17 heavy (non-hydrogen) atoms. The van der Waals surface area contributed by atoms with Gasteiger partial charge in [0.25, 0.3) is 0 Å². The Morgan fingerprint density at radius 3 is 2.65 bits per heavy atom. The number of rotatable bonds is 3. The summed E-state index contributed by atoms with van der Waals surface area (Å²) >= 11 is 0. The molecular weight excluding hydrogens is 218 g/mol. The second-order valence-electron chi connectivity index (χ2n) is 4.25. The molecule has 0 aliphatic carbocycles. The van der Waals surface area contributed by atoms with E-state index in [1.54, 1.807) is 0 Å². The van der Waals surface area contributed by atoms with E-state index in [9.17, 15) is 4.79 Å². The highest BCUT2D eigenvalue weighted by Crippen LogP contribution is 2.35. The predicted molar refractivity (Wildman–Crippen MR) is 63.2 cm³/mol. The standard InChI is InChI=1S/C13H19NO3/c1-4-13(5-2)8-10(6-7-17-13)11(9-14)12(15)16-3/h4-8H2,1-3H3. The molecule has 0 unspecified atom stereocenters. The molecule has 1 aliphatic heterocycles. The van der Waals surface area contributed by atoms with E-state index >= 15 is 0 Å². The molecule has 0 spiro atoms. The van der Waals surface area contributed by atoms with Gasteiger partial charge in [-0.2, -0.15) is 5.26 Å². The van der Waals surface area contributed by atoms with Crippen molar-refractivity contribution in [1.29, 1.82) is 5.26 Å². The third-order valence-electron chi connectivity index (χ3n) is 3.49. The highest BCUT2D eigenvalue weighted by atomic mass is 16.5. The number of hydrogen-bond acceptors (Lipinski definition) is 4. The third-order valence-corrected chi connectivity index (χ3v) is 3.49. The van der Waals surface area contributed by atoms with E-state index in [0.29, 0.717) is 19.4 Å². The van der Waals surface area contributed by atoms with Crippen LogP contribution in [0, 0.1) is 11.3 Å². The maximum atomic E-state index is 11.5. The number of ether oxygens (including phenoxy) is 2. The summed E-state index contributed by atoms with van der Waals surface area (Å²) < 4.78 is 10.4. The Labute approximate surface area is 102 Å². The van der Waals surface area contributed by atoms with Crippen molar-refractivity contribution in [2.24, 2.45) is 0 Å². The van der Waals surface area contributed by atoms with Gasteiger partial charge >= 0.3 is 5.97 Å². The van der Waals surface area contributed by atoms with E-state index in [1.807, 2.05) is 6.07 Å². The number of nitriles is 1. The van der Waals surface area contributed by atoms with Crippen LogP contribution in [0.4, 0.5) is 0 Å². The van der Waals surface area contributed by atoms with Gasteiger partial charge in [-0.05, 0) is 31.3 Å². The lowest BCUT2D eigenvalue weighted by Crippen LogP contribution is -2.36. The van der Waals surface area contributed by atoms with Gasteiger partial charge < -0.3 is 9.47 Å². The van der Waals surface area contributed by atoms with E-state index in [1.165, 1.54) is 7.11 Å². The first kappa shape index (κ1) is 13.7. The fourth-order valence-corrected chi connectivity index (χ4v) is 2.21. The summed E-state index contributed by atoms with van der Waals surface area (Å²) in [5.74, 6) is -0.537. The highest BCUT2D eigenvalue weighted by molar-refractivity contribution is 5.93. The van der Waals surface area contributed by atoms with Crippen molar-refractivity contribution in [2.75, 3.05) is 13.7 Å². The molecule has 1 rings (SSSR count). The zero-order valence-corrected chi connectivity index (χ0v) is 10.7. The van der Waals surface area contributed by atoms with Crippen molar-refractivity contribution in [2.45, 2.75) is 45.1 Å². The monoisotopic (exact) mass is 237 g/mol. The molecule has 94 valence electrons. The number of methoxy groups -OCH3 is 1. The zero-order chi connectivity index (χ0) is 12.9. The molecule has 1 aliphatic rings. The van der Waals surface area contributed by atoms with Gasteiger partial charge in [0.05, 0.1) is 19.3 Å². The first-order valence-corrected chi connectivity index (χ1v) is 5.96. The Kier molecular flexibility index (Phi) is 4.71. The van der Waals surface area contributed by atoms with E-state index in [4.69, 9.17) is 10.00 Å². The van der Waals surface area contributed by atoms with Crippen molar-refractivity contribution in [1.82, 2.24) is 0 Å². The number of carbonyl (C=O) groups is 1. The summed E-state index contributed by atoms with van der Waals surface area (Å²) in [6, 6.07) is 1.96. The Hall–Kier alpha value is -1.34. The molecule has 0 aromatic heterocycles. The maximum absolute atomic E-state index is 11.5. The molecule has 0 radical (unpaired) electrons. The highest BCUT2D eigenvalue weighted by Gasteiger charge is 2.34. The molecule has 4 heteroatoms. The maximum Gasteiger partial charge on any atom is 0.348 e. The van der Waals surface area contributed by atoms with E-state index in [2.05, 4.69) is 18.6 Å². The summed E-state index contributed by atoms with van der Waals surface area (Å²) in [5, 5.41) is 9.05. The Morgan fingerprint density at radius 2 is 2.18 bits per heavy atom. The number of carbonyl (C=O) groups excluding carboxylic acids is 1. The minimum Gasteiger partial charge on any atom is -0.465 e. The van der Waals surface area contributed by atoms with Crippen LogP contribution in [0.2, 0.25) is 0 Å². The fraction of sp³-hybridized carbons (Fsp3) is 0.692. The summed E-state index contributed by atoms with van der Waals surface area (Å²) in [7, 11) is 1.30. The number of nitrogens with zero attached hydrogens (tertiary/aromatic N) is 1. The van der Waals surface area contributed by atoms with E-state index < -0.39 is 5.97 Å². The first-order chi connectivity index (χ1) is 8.12. The van der Waals surface area contributed by atoms with Crippen LogP contribution in [0.1, 0.15) is 39.5 Å². The van der Waals surface area contributed by atoms with Crippen molar-refractivity contribution in [3.63, 3.8) is 0 Å². The average molecular weight is 237 g/mol. The van der Waals surface area contributed by atoms with Gasteiger partial charge in [0, 0.05) is 0 Å². The quantitative estimate of drug-likeness (QED) is 0.429. The van der Waals surface area contributed by atoms with Crippen molar-refractivity contribution >= 4 is 5.97 Å². The second-order valence-corrected chi connectivity index (χ2v) is 4.25. The summed E-state index contributed by atoms with van der Waals surface area (Å²) in [4.78, 5) is 11.5. The Bertz CT molecular complexity index is 361. The minimum atomic E-state index is -0.537. The molecule has 1 heterocycles. The smallest absolute Gasteiger partial charge is 0.348 e. The van der Waals surface area contributed by atoms with Gasteiger partial charge in [-0.1, -0.05) is 13.8 Å². The third kappa shape index (κ3) is 2.86. The molecule has 1 saturated heterocycles. The topological polar surface area (TPSA) is 59.3 Å².